The van der Waals surface area contributed by atoms with Crippen LogP contribution in [0.4, 0.5) is 0 Å². The van der Waals surface area contributed by atoms with Crippen LogP contribution < -0.4 is 0 Å². The van der Waals surface area contributed by atoms with E-state index in [1.807, 2.05) is 29.1 Å². The number of esters is 1. The van der Waals surface area contributed by atoms with Gasteiger partial charge < -0.3 is 4.74 Å². The molecule has 0 spiro atoms. The maximum absolute atomic E-state index is 11.8. The Labute approximate surface area is 130 Å². The zero-order valence-corrected chi connectivity index (χ0v) is 13.2. The number of benzene rings is 1. The summed E-state index contributed by atoms with van der Waals surface area (Å²) in [6.45, 7) is 4.21. The Balaban J connectivity index is 2.04. The monoisotopic (exact) mass is 296 g/mol. The summed E-state index contributed by atoms with van der Waals surface area (Å²) < 4.78 is 6.78. The highest BCUT2D eigenvalue weighted by atomic mass is 16.5. The SMILES string of the molecule is COC(=O)c1ccc2c(c1)C(c1cnn(C(C)C)c1)=CCC2. The molecule has 1 aliphatic carbocycles. The number of allylic oxidation sites excluding steroid dienone is 1. The molecule has 4 heteroatoms. The van der Waals surface area contributed by atoms with Crippen LogP contribution in [-0.4, -0.2) is 22.9 Å². The Bertz CT molecular complexity index is 741. The van der Waals surface area contributed by atoms with Crippen molar-refractivity contribution in [2.45, 2.75) is 32.7 Å². The summed E-state index contributed by atoms with van der Waals surface area (Å²) >= 11 is 0. The van der Waals surface area contributed by atoms with E-state index in [1.54, 1.807) is 0 Å². The molecule has 0 N–H and O–H groups in total. The zero-order valence-electron chi connectivity index (χ0n) is 13.2. The number of ether oxygens (including phenoxy) is 1. The lowest BCUT2D eigenvalue weighted by Gasteiger charge is -2.18. The second-order valence-corrected chi connectivity index (χ2v) is 5.82. The number of hydrogen-bond acceptors (Lipinski definition) is 3. The number of hydrogen-bond donors (Lipinski definition) is 0. The fraction of sp³-hybridized carbons (Fsp3) is 0.333. The first-order valence-electron chi connectivity index (χ1n) is 7.56. The first kappa shape index (κ1) is 14.6. The average molecular weight is 296 g/mol. The van der Waals surface area contributed by atoms with Crippen molar-refractivity contribution in [1.82, 2.24) is 9.78 Å². The van der Waals surface area contributed by atoms with E-state index in [4.69, 9.17) is 4.74 Å². The molecule has 1 aromatic carbocycles. The lowest BCUT2D eigenvalue weighted by Crippen LogP contribution is -2.06. The first-order valence-corrected chi connectivity index (χ1v) is 7.56. The quantitative estimate of drug-likeness (QED) is 0.812. The van der Waals surface area contributed by atoms with Crippen LogP contribution in [-0.2, 0) is 11.2 Å². The first-order chi connectivity index (χ1) is 10.6. The molecule has 0 atom stereocenters. The van der Waals surface area contributed by atoms with Gasteiger partial charge >= 0.3 is 5.97 Å². The lowest BCUT2D eigenvalue weighted by atomic mass is 9.87. The summed E-state index contributed by atoms with van der Waals surface area (Å²) in [6, 6.07) is 6.13. The maximum Gasteiger partial charge on any atom is 0.337 e. The Morgan fingerprint density at radius 2 is 2.18 bits per heavy atom. The number of aromatic nitrogens is 2. The molecular formula is C18H20N2O2. The van der Waals surface area contributed by atoms with Gasteiger partial charge in [-0.15, -0.1) is 0 Å². The lowest BCUT2D eigenvalue weighted by molar-refractivity contribution is 0.0600. The second kappa shape index (κ2) is 5.79. The standard InChI is InChI=1S/C18H20N2O2/c1-12(2)20-11-15(10-19-20)16-6-4-5-13-7-8-14(9-17(13)16)18(21)22-3/h6-12H,4-5H2,1-3H3. The van der Waals surface area contributed by atoms with Gasteiger partial charge in [-0.1, -0.05) is 12.1 Å². The molecule has 1 aliphatic rings. The molecule has 0 amide bonds. The molecule has 0 radical (unpaired) electrons. The van der Waals surface area contributed by atoms with Crippen molar-refractivity contribution in [3.05, 3.63) is 58.9 Å². The third-order valence-corrected chi connectivity index (χ3v) is 4.02. The van der Waals surface area contributed by atoms with Crippen LogP contribution in [0.5, 0.6) is 0 Å². The van der Waals surface area contributed by atoms with Gasteiger partial charge in [0, 0.05) is 17.8 Å². The molecular weight excluding hydrogens is 276 g/mol. The highest BCUT2D eigenvalue weighted by Crippen LogP contribution is 2.32. The van der Waals surface area contributed by atoms with Crippen molar-refractivity contribution in [2.24, 2.45) is 0 Å². The predicted octanol–water partition coefficient (Wildman–Crippen LogP) is 3.63. The van der Waals surface area contributed by atoms with Gasteiger partial charge in [0.25, 0.3) is 0 Å². The Kier molecular flexibility index (Phi) is 3.84. The number of carbonyl (C=O) groups is 1. The van der Waals surface area contributed by atoms with Crippen LogP contribution in [0.3, 0.4) is 0 Å². The fourth-order valence-electron chi connectivity index (χ4n) is 2.80. The zero-order chi connectivity index (χ0) is 15.7. The van der Waals surface area contributed by atoms with Crippen molar-refractivity contribution in [3.8, 4) is 0 Å². The van der Waals surface area contributed by atoms with Crippen LogP contribution in [0.2, 0.25) is 0 Å². The predicted molar refractivity (Wildman–Crippen MR) is 85.8 cm³/mol. The molecule has 0 unspecified atom stereocenters. The van der Waals surface area contributed by atoms with E-state index in [1.165, 1.54) is 12.7 Å². The van der Waals surface area contributed by atoms with E-state index >= 15 is 0 Å². The summed E-state index contributed by atoms with van der Waals surface area (Å²) in [6.07, 6.45) is 8.19. The average Bonchev–Trinajstić information content (AvgIpc) is 3.03. The van der Waals surface area contributed by atoms with E-state index in [-0.39, 0.29) is 5.97 Å². The Morgan fingerprint density at radius 3 is 2.86 bits per heavy atom. The van der Waals surface area contributed by atoms with Gasteiger partial charge in [-0.3, -0.25) is 4.68 Å². The highest BCUT2D eigenvalue weighted by molar-refractivity contribution is 5.92. The molecule has 22 heavy (non-hydrogen) atoms. The van der Waals surface area contributed by atoms with Gasteiger partial charge in [-0.05, 0) is 55.5 Å². The van der Waals surface area contributed by atoms with Crippen LogP contribution >= 0.6 is 0 Å². The third-order valence-electron chi connectivity index (χ3n) is 4.02. The van der Waals surface area contributed by atoms with Gasteiger partial charge in [-0.25, -0.2) is 4.79 Å². The largest absolute Gasteiger partial charge is 0.465 e. The molecule has 1 heterocycles. The molecule has 0 saturated carbocycles. The minimum atomic E-state index is -0.300. The molecule has 0 bridgehead atoms. The van der Waals surface area contributed by atoms with Crippen molar-refractivity contribution in [3.63, 3.8) is 0 Å². The minimum absolute atomic E-state index is 0.300. The van der Waals surface area contributed by atoms with Crippen molar-refractivity contribution in [1.29, 1.82) is 0 Å². The molecule has 3 rings (SSSR count). The van der Waals surface area contributed by atoms with Crippen LogP contribution in [0, 0.1) is 0 Å². The third kappa shape index (κ3) is 2.56. The molecule has 0 fully saturated rings. The van der Waals surface area contributed by atoms with Crippen LogP contribution in [0.25, 0.3) is 5.57 Å². The Hall–Kier alpha value is -2.36. The summed E-state index contributed by atoms with van der Waals surface area (Å²) in [5.41, 5.74) is 5.21. The topological polar surface area (TPSA) is 44.1 Å². The van der Waals surface area contributed by atoms with Crippen molar-refractivity contribution in [2.75, 3.05) is 7.11 Å². The van der Waals surface area contributed by atoms with Gasteiger partial charge in [0.1, 0.15) is 0 Å². The minimum Gasteiger partial charge on any atom is -0.465 e. The smallest absolute Gasteiger partial charge is 0.337 e. The summed E-state index contributed by atoms with van der Waals surface area (Å²) in [7, 11) is 1.41. The van der Waals surface area contributed by atoms with E-state index in [0.717, 1.165) is 29.5 Å². The molecule has 114 valence electrons. The number of rotatable bonds is 3. The van der Waals surface area contributed by atoms with E-state index in [2.05, 4.69) is 31.2 Å². The molecule has 4 nitrogen and oxygen atoms in total. The van der Waals surface area contributed by atoms with Crippen molar-refractivity contribution >= 4 is 11.5 Å². The number of fused-ring (bicyclic) bond motifs is 1. The summed E-state index contributed by atoms with van der Waals surface area (Å²) in [5.74, 6) is -0.300. The van der Waals surface area contributed by atoms with Gasteiger partial charge in [0.2, 0.25) is 0 Å². The summed E-state index contributed by atoms with van der Waals surface area (Å²) in [4.78, 5) is 11.8. The maximum atomic E-state index is 11.8. The normalized spacial score (nSPS) is 13.7. The number of methoxy groups -OCH3 is 1. The number of carbonyl (C=O) groups excluding carboxylic acids is 1. The van der Waals surface area contributed by atoms with Gasteiger partial charge in [0.15, 0.2) is 0 Å². The highest BCUT2D eigenvalue weighted by Gasteiger charge is 2.18. The molecule has 0 saturated heterocycles. The van der Waals surface area contributed by atoms with Crippen molar-refractivity contribution < 1.29 is 9.53 Å². The van der Waals surface area contributed by atoms with E-state index in [9.17, 15) is 4.79 Å². The van der Waals surface area contributed by atoms with E-state index in [0.29, 0.717) is 11.6 Å². The fourth-order valence-corrected chi connectivity index (χ4v) is 2.80. The van der Waals surface area contributed by atoms with E-state index < -0.39 is 0 Å². The number of aryl methyl sites for hydroxylation is 1. The molecule has 2 aromatic rings. The van der Waals surface area contributed by atoms with Crippen LogP contribution in [0.15, 0.2) is 36.7 Å². The van der Waals surface area contributed by atoms with Gasteiger partial charge in [0.05, 0.1) is 18.9 Å². The number of nitrogens with zero attached hydrogens (tertiary/aromatic N) is 2. The van der Waals surface area contributed by atoms with Gasteiger partial charge in [-0.2, -0.15) is 5.10 Å². The summed E-state index contributed by atoms with van der Waals surface area (Å²) in [5, 5.41) is 4.42. The second-order valence-electron chi connectivity index (χ2n) is 5.82. The molecule has 0 aliphatic heterocycles. The Morgan fingerprint density at radius 1 is 1.36 bits per heavy atom. The molecule has 1 aromatic heterocycles. The van der Waals surface area contributed by atoms with Crippen LogP contribution in [0.1, 0.15) is 53.4 Å².